The molecule has 0 amide bonds. The van der Waals surface area contributed by atoms with Crippen LogP contribution in [0.4, 0.5) is 0 Å². The highest BCUT2D eigenvalue weighted by atomic mass is 28.3. The summed E-state index contributed by atoms with van der Waals surface area (Å²) in [5, 5.41) is 5.80. The van der Waals surface area contributed by atoms with Gasteiger partial charge in [0.15, 0.2) is 0 Å². The molecule has 11 heteroatoms. The molecule has 0 fully saturated rings. The van der Waals surface area contributed by atoms with Gasteiger partial charge in [0.25, 0.3) is 0 Å². The lowest BCUT2D eigenvalue weighted by Gasteiger charge is -2.32. The molecule has 9 aromatic carbocycles. The van der Waals surface area contributed by atoms with Crippen LogP contribution < -0.4 is 21.0 Å². The van der Waals surface area contributed by atoms with Gasteiger partial charge in [0, 0.05) is 16.5 Å². The van der Waals surface area contributed by atoms with Crippen molar-refractivity contribution in [3.05, 3.63) is 231 Å². The molecule has 6 aromatic heterocycles. The summed E-state index contributed by atoms with van der Waals surface area (Å²) in [6, 6.07) is 81.5. The van der Waals surface area contributed by atoms with Crippen molar-refractivity contribution in [3.63, 3.8) is 0 Å². The molecule has 0 saturated heterocycles. The van der Waals surface area contributed by atoms with Crippen molar-refractivity contribution < 1.29 is 0 Å². The number of fused-ring (bicyclic) bond motifs is 13. The molecular weight excluding hydrogens is 877 g/mol. The van der Waals surface area contributed by atoms with Gasteiger partial charge in [-0.15, -0.1) is 0 Å². The predicted molar refractivity (Wildman–Crippen MR) is 284 cm³/mol. The van der Waals surface area contributed by atoms with Gasteiger partial charge in [-0.2, -0.15) is 4.98 Å². The van der Waals surface area contributed by atoms with E-state index in [1.807, 2.05) is 12.1 Å². The highest BCUT2D eigenvalue weighted by molar-refractivity contribution is 7.19. The van der Waals surface area contributed by atoms with Gasteiger partial charge in [0.2, 0.25) is 31.5 Å². The Morgan fingerprint density at radius 2 is 0.686 bits per heavy atom. The van der Waals surface area contributed by atoms with Gasteiger partial charge < -0.3 is 4.57 Å². The second-order valence-corrected chi connectivity index (χ2v) is 21.5. The molecule has 0 aliphatic heterocycles. The summed E-state index contributed by atoms with van der Waals surface area (Å²) in [5.41, 5.74) is 11.6. The first kappa shape index (κ1) is 38.6. The molecule has 0 spiro atoms. The summed E-state index contributed by atoms with van der Waals surface area (Å²) in [6.07, 6.45) is 0. The van der Waals surface area contributed by atoms with E-state index < -0.39 is 8.07 Å². The molecule has 328 valence electrons. The van der Waals surface area contributed by atoms with Crippen LogP contribution in [0.3, 0.4) is 0 Å². The van der Waals surface area contributed by atoms with Crippen molar-refractivity contribution in [2.75, 3.05) is 0 Å². The van der Waals surface area contributed by atoms with E-state index in [-0.39, 0.29) is 0 Å². The Balaban J connectivity index is 1.11. The van der Waals surface area contributed by atoms with Crippen LogP contribution in [-0.4, -0.2) is 55.5 Å². The fraction of sp³-hybridized carbons (Fsp3) is 0. The zero-order chi connectivity index (χ0) is 45.9. The number of benzene rings is 9. The van der Waals surface area contributed by atoms with E-state index >= 15 is 0 Å². The van der Waals surface area contributed by atoms with E-state index in [0.717, 1.165) is 76.4 Å². The zero-order valence-corrected chi connectivity index (χ0v) is 38.4. The molecule has 0 aliphatic rings. The largest absolute Gasteiger partial charge is 0.309 e. The quantitative estimate of drug-likeness (QED) is 0.117. The van der Waals surface area contributed by atoms with E-state index in [4.69, 9.17) is 24.9 Å². The highest BCUT2D eigenvalue weighted by Crippen LogP contribution is 2.33. The third kappa shape index (κ3) is 5.34. The molecule has 6 heterocycles. The minimum atomic E-state index is -3.56. The summed E-state index contributed by atoms with van der Waals surface area (Å²) in [7, 11) is -3.56. The molecule has 0 aliphatic carbocycles. The van der Waals surface area contributed by atoms with Crippen molar-refractivity contribution >= 4 is 107 Å². The van der Waals surface area contributed by atoms with Crippen molar-refractivity contribution in [2.24, 2.45) is 0 Å². The lowest BCUT2D eigenvalue weighted by atomic mass is 10.2. The third-order valence-electron chi connectivity index (χ3n) is 14.1. The number of imidazole rings is 4. The molecule has 0 atom stereocenters. The lowest BCUT2D eigenvalue weighted by Crippen LogP contribution is -2.76. The Kier molecular flexibility index (Phi) is 8.15. The average molecular weight is 915 g/mol. The van der Waals surface area contributed by atoms with Crippen LogP contribution in [0.15, 0.2) is 231 Å². The van der Waals surface area contributed by atoms with E-state index in [1.165, 1.54) is 10.8 Å². The van der Waals surface area contributed by atoms with E-state index in [1.54, 1.807) is 0 Å². The van der Waals surface area contributed by atoms with Gasteiger partial charge in [-0.3, -0.25) is 8.80 Å². The fourth-order valence-electron chi connectivity index (χ4n) is 11.2. The van der Waals surface area contributed by atoms with Crippen LogP contribution in [0.2, 0.25) is 0 Å². The molecule has 0 N–H and O–H groups in total. The Labute approximate surface area is 400 Å². The molecule has 0 radical (unpaired) electrons. The van der Waals surface area contributed by atoms with Crippen LogP contribution in [0.25, 0.3) is 95.1 Å². The molecule has 15 rings (SSSR count). The number of aromatic nitrogens is 10. The van der Waals surface area contributed by atoms with Crippen LogP contribution in [0, 0.1) is 0 Å². The molecule has 0 unspecified atom stereocenters. The Bertz CT molecular complexity index is 4300. The second kappa shape index (κ2) is 14.8. The van der Waals surface area contributed by atoms with Crippen molar-refractivity contribution in [2.45, 2.75) is 0 Å². The van der Waals surface area contributed by atoms with Crippen molar-refractivity contribution in [3.8, 4) is 17.6 Å². The molecule has 0 bridgehead atoms. The lowest BCUT2D eigenvalue weighted by molar-refractivity contribution is 0.887. The second-order valence-electron chi connectivity index (χ2n) is 17.8. The normalized spacial score (nSPS) is 12.3. The Morgan fingerprint density at radius 1 is 0.286 bits per heavy atom. The summed E-state index contributed by atoms with van der Waals surface area (Å²) >= 11 is 0. The molecule has 10 nitrogen and oxygen atoms in total. The van der Waals surface area contributed by atoms with Gasteiger partial charge in [-0.25, -0.2) is 29.1 Å². The summed E-state index contributed by atoms with van der Waals surface area (Å²) < 4.78 is 11.0. The van der Waals surface area contributed by atoms with Crippen LogP contribution in [-0.2, 0) is 0 Å². The van der Waals surface area contributed by atoms with Crippen LogP contribution in [0.1, 0.15) is 0 Å². The standard InChI is InChI=1S/C59H38N10Si/c1-3-21-40(22-4-1)70(41-23-5-2-6-24-41,42-25-19-20-39(38-42)65-47-30-11-7-26-43(47)44-27-8-12-31-48(44)65)57-63-55(68-53-36-17-15-34-51(53)66-49-32-13-9-28-45(49)60-58(66)68)62-56(64-57)69-54-37-18-16-35-52(54)67-50-33-14-10-29-46(50)61-59(67)69/h1-38H. The average Bonchev–Trinajstić information content (AvgIpc) is 4.22. The first-order valence-electron chi connectivity index (χ1n) is 23.4. The number of para-hydroxylation sites is 10. The Hall–Kier alpha value is -9.45. The maximum atomic E-state index is 5.85. The van der Waals surface area contributed by atoms with Crippen molar-refractivity contribution in [1.82, 2.24) is 47.4 Å². The Morgan fingerprint density at radius 3 is 1.19 bits per heavy atom. The zero-order valence-electron chi connectivity index (χ0n) is 37.4. The van der Waals surface area contributed by atoms with Gasteiger partial charge in [0.1, 0.15) is 5.45 Å². The first-order chi connectivity index (χ1) is 34.7. The highest BCUT2D eigenvalue weighted by Gasteiger charge is 2.46. The molecular formula is C59H38N10Si. The van der Waals surface area contributed by atoms with Gasteiger partial charge in [-0.05, 0) is 88.4 Å². The van der Waals surface area contributed by atoms with E-state index in [2.05, 4.69) is 241 Å². The van der Waals surface area contributed by atoms with Gasteiger partial charge in [-0.1, -0.05) is 158 Å². The fourth-order valence-corrected chi connectivity index (χ4v) is 15.6. The van der Waals surface area contributed by atoms with E-state index in [9.17, 15) is 0 Å². The van der Waals surface area contributed by atoms with Gasteiger partial charge >= 0.3 is 0 Å². The molecule has 15 aromatic rings. The monoisotopic (exact) mass is 914 g/mol. The summed E-state index contributed by atoms with van der Waals surface area (Å²) in [4.78, 5) is 27.9. The number of rotatable bonds is 7. The number of hydrogen-bond acceptors (Lipinski definition) is 5. The number of nitrogens with zero attached hydrogens (tertiary/aromatic N) is 10. The van der Waals surface area contributed by atoms with Gasteiger partial charge in [0.05, 0.1) is 55.2 Å². The minimum absolute atomic E-state index is 0.454. The topological polar surface area (TPSA) is 88.1 Å². The first-order valence-corrected chi connectivity index (χ1v) is 25.4. The summed E-state index contributed by atoms with van der Waals surface area (Å²) in [6.45, 7) is 0. The molecule has 70 heavy (non-hydrogen) atoms. The van der Waals surface area contributed by atoms with Crippen LogP contribution >= 0.6 is 0 Å². The smallest absolute Gasteiger partial charge is 0.241 e. The van der Waals surface area contributed by atoms with Crippen LogP contribution in [0.5, 0.6) is 0 Å². The summed E-state index contributed by atoms with van der Waals surface area (Å²) in [5.74, 6) is 2.32. The molecule has 0 saturated carbocycles. The SMILES string of the molecule is c1ccc([Si](c2ccccc2)(c2cccc(-n3c4ccccc4c4ccccc43)c2)c2nc(-n3c4ccccc4n4c5ccccc5nc34)nc(-n3c4ccccc4n4c5ccccc5nc34)n2)cc1. The maximum absolute atomic E-state index is 5.85. The maximum Gasteiger partial charge on any atom is 0.241 e. The third-order valence-corrected chi connectivity index (χ3v) is 18.6. The van der Waals surface area contributed by atoms with Crippen molar-refractivity contribution in [1.29, 1.82) is 0 Å². The van der Waals surface area contributed by atoms with E-state index in [0.29, 0.717) is 28.9 Å². The number of hydrogen-bond donors (Lipinski definition) is 0. The minimum Gasteiger partial charge on any atom is -0.309 e. The predicted octanol–water partition coefficient (Wildman–Crippen LogP) is 9.84.